The first-order valence-electron chi connectivity index (χ1n) is 2.85. The molecule has 0 unspecified atom stereocenters. The van der Waals surface area contributed by atoms with Crippen LogP contribution in [-0.2, 0) is 4.79 Å². The molecule has 0 aromatic heterocycles. The molecule has 0 aliphatic heterocycles. The molecule has 0 fully saturated rings. The minimum atomic E-state index is -1.21. The predicted molar refractivity (Wildman–Crippen MR) is 31.3 cm³/mol. The van der Waals surface area contributed by atoms with Crippen LogP contribution in [0.5, 0.6) is 0 Å². The number of carbonyl (C=O) groups is 1. The fourth-order valence-electron chi connectivity index (χ4n) is 0.456. The van der Waals surface area contributed by atoms with Gasteiger partial charge in [-0.15, -0.1) is 0 Å². The maximum absolute atomic E-state index is 9.93. The second-order valence-electron chi connectivity index (χ2n) is 1.86. The number of hydrogen-bond donors (Lipinski definition) is 2. The second kappa shape index (κ2) is 7.10. The molecule has 0 aromatic rings. The first-order chi connectivity index (χ1) is 4.18. The summed E-state index contributed by atoms with van der Waals surface area (Å²) in [5.74, 6) is -1.21. The maximum Gasteiger partial charge on any atom is 1.00 e. The molecule has 0 aliphatic rings. The van der Waals surface area contributed by atoms with Crippen LogP contribution in [0.1, 0.15) is 12.8 Å². The van der Waals surface area contributed by atoms with Gasteiger partial charge in [0, 0.05) is 6.04 Å². The zero-order chi connectivity index (χ0) is 7.28. The average molecular weight is 138 g/mol. The number of carbonyl (C=O) groups excluding carboxylic acids is 1. The van der Waals surface area contributed by atoms with E-state index in [0.717, 1.165) is 0 Å². The number of carboxylic acids is 1. The average Bonchev–Trinajstić information content (AvgIpc) is 1.82. The van der Waals surface area contributed by atoms with Gasteiger partial charge in [0.15, 0.2) is 0 Å². The van der Waals surface area contributed by atoms with Gasteiger partial charge in [-0.25, -0.2) is 0 Å². The summed E-state index contributed by atoms with van der Waals surface area (Å²) in [7, 11) is 0. The smallest absolute Gasteiger partial charge is 0.548 e. The van der Waals surface area contributed by atoms with Crippen LogP contribution in [-0.4, -0.2) is 18.6 Å². The second-order valence-corrected chi connectivity index (χ2v) is 1.86. The Hall–Kier alpha value is -0.0126. The summed E-state index contributed by atoms with van der Waals surface area (Å²) in [6.07, 6.45) is 1.04. The fraction of sp³-hybridized carbons (Fsp3) is 0.800. The molecule has 54 valence electrons. The summed E-state index contributed by atoms with van der Waals surface area (Å²) in [5.41, 5.74) is 10.2. The summed E-state index contributed by atoms with van der Waals surface area (Å²) in [6.45, 7) is 0.473. The van der Waals surface area contributed by atoms with Gasteiger partial charge in [-0.3, -0.25) is 0 Å². The molecule has 0 rings (SSSR count). The Morgan fingerprint density at radius 1 is 1.60 bits per heavy atom. The zero-order valence-corrected chi connectivity index (χ0v) is 6.17. The molecular weight excluding hydrogens is 127 g/mol. The third-order valence-corrected chi connectivity index (χ3v) is 1.02. The van der Waals surface area contributed by atoms with E-state index in [-0.39, 0.29) is 18.9 Å². The molecular formula is C5H11LiN2O2. The van der Waals surface area contributed by atoms with Gasteiger partial charge in [-0.2, -0.15) is 0 Å². The summed E-state index contributed by atoms with van der Waals surface area (Å²) < 4.78 is 0. The standard InChI is InChI=1S/C5H12N2O2.Li/c6-3-1-2-4(7)5(8)9;/h4H,1-3,6-7H2,(H,8,9);/q;+1/p-1/t4-;/m0./s1. The van der Waals surface area contributed by atoms with Crippen molar-refractivity contribution in [2.45, 2.75) is 18.9 Å². The van der Waals surface area contributed by atoms with Crippen LogP contribution in [0, 0.1) is 0 Å². The first kappa shape index (κ1) is 12.6. The van der Waals surface area contributed by atoms with E-state index in [2.05, 4.69) is 0 Å². The van der Waals surface area contributed by atoms with E-state index in [1.807, 2.05) is 0 Å². The van der Waals surface area contributed by atoms with Crippen molar-refractivity contribution in [2.75, 3.05) is 6.54 Å². The van der Waals surface area contributed by atoms with Gasteiger partial charge in [0.2, 0.25) is 0 Å². The Balaban J connectivity index is 0. The van der Waals surface area contributed by atoms with Gasteiger partial charge in [0.25, 0.3) is 0 Å². The molecule has 0 bridgehead atoms. The first-order valence-corrected chi connectivity index (χ1v) is 2.85. The van der Waals surface area contributed by atoms with Crippen molar-refractivity contribution in [2.24, 2.45) is 11.5 Å². The SMILES string of the molecule is NCCC[C@H](N)C(=O)[O-].[Li+]. The van der Waals surface area contributed by atoms with Gasteiger partial charge in [-0.05, 0) is 19.4 Å². The topological polar surface area (TPSA) is 92.2 Å². The molecule has 1 atom stereocenters. The molecule has 4 N–H and O–H groups in total. The molecule has 4 nitrogen and oxygen atoms in total. The van der Waals surface area contributed by atoms with E-state index in [1.54, 1.807) is 0 Å². The van der Waals surface area contributed by atoms with Gasteiger partial charge in [-0.1, -0.05) is 0 Å². The number of rotatable bonds is 4. The van der Waals surface area contributed by atoms with Crippen molar-refractivity contribution in [1.82, 2.24) is 0 Å². The van der Waals surface area contributed by atoms with E-state index >= 15 is 0 Å². The van der Waals surface area contributed by atoms with Crippen LogP contribution in [0.3, 0.4) is 0 Å². The number of aliphatic carboxylic acids is 1. The molecule has 5 heteroatoms. The van der Waals surface area contributed by atoms with Crippen LogP contribution in [0.2, 0.25) is 0 Å². The third kappa shape index (κ3) is 6.11. The molecule has 10 heavy (non-hydrogen) atoms. The quantitative estimate of drug-likeness (QED) is 0.380. The Bertz CT molecular complexity index is 99.6. The molecule has 0 aliphatic carbocycles. The van der Waals surface area contributed by atoms with Crippen LogP contribution < -0.4 is 35.4 Å². The largest absolute Gasteiger partial charge is 1.00 e. The zero-order valence-electron chi connectivity index (χ0n) is 6.17. The monoisotopic (exact) mass is 138 g/mol. The number of hydrogen-bond acceptors (Lipinski definition) is 4. The van der Waals surface area contributed by atoms with Gasteiger partial charge in [0.1, 0.15) is 0 Å². The van der Waals surface area contributed by atoms with E-state index in [1.165, 1.54) is 0 Å². The van der Waals surface area contributed by atoms with Gasteiger partial charge < -0.3 is 21.4 Å². The molecule has 0 aromatic carbocycles. The van der Waals surface area contributed by atoms with Crippen LogP contribution in [0.25, 0.3) is 0 Å². The van der Waals surface area contributed by atoms with E-state index in [0.29, 0.717) is 19.4 Å². The molecule has 0 saturated carbocycles. The van der Waals surface area contributed by atoms with E-state index in [4.69, 9.17) is 11.5 Å². The Morgan fingerprint density at radius 3 is 2.40 bits per heavy atom. The third-order valence-electron chi connectivity index (χ3n) is 1.02. The van der Waals surface area contributed by atoms with E-state index < -0.39 is 12.0 Å². The summed E-state index contributed by atoms with van der Waals surface area (Å²) >= 11 is 0. The molecule has 0 saturated heterocycles. The molecule has 0 amide bonds. The fourth-order valence-corrected chi connectivity index (χ4v) is 0.456. The van der Waals surface area contributed by atoms with Crippen molar-refractivity contribution in [3.05, 3.63) is 0 Å². The van der Waals surface area contributed by atoms with Crippen molar-refractivity contribution in [1.29, 1.82) is 0 Å². The van der Waals surface area contributed by atoms with Crippen molar-refractivity contribution >= 4 is 5.97 Å². The predicted octanol–water partition coefficient (Wildman–Crippen LogP) is -5.19. The van der Waals surface area contributed by atoms with Crippen LogP contribution in [0.15, 0.2) is 0 Å². The van der Waals surface area contributed by atoms with Gasteiger partial charge >= 0.3 is 18.9 Å². The van der Waals surface area contributed by atoms with Crippen molar-refractivity contribution < 1.29 is 28.8 Å². The Labute approximate surface area is 72.1 Å². The van der Waals surface area contributed by atoms with E-state index in [9.17, 15) is 9.90 Å². The van der Waals surface area contributed by atoms with Gasteiger partial charge in [0.05, 0.1) is 5.97 Å². The summed E-state index contributed by atoms with van der Waals surface area (Å²) in [5, 5.41) is 9.93. The van der Waals surface area contributed by atoms with Crippen LogP contribution >= 0.6 is 0 Å². The normalized spacial score (nSPS) is 11.8. The number of carboxylic acid groups (broad SMARTS) is 1. The minimum absolute atomic E-state index is 0. The number of nitrogens with two attached hydrogens (primary N) is 2. The summed E-state index contributed by atoms with van der Waals surface area (Å²) in [4.78, 5) is 9.93. The Morgan fingerprint density at radius 2 is 2.10 bits per heavy atom. The van der Waals surface area contributed by atoms with Crippen LogP contribution in [0.4, 0.5) is 0 Å². The van der Waals surface area contributed by atoms with Crippen molar-refractivity contribution in [3.8, 4) is 0 Å². The maximum atomic E-state index is 9.93. The molecule has 0 radical (unpaired) electrons. The van der Waals surface area contributed by atoms with Crippen molar-refractivity contribution in [3.63, 3.8) is 0 Å². The molecule has 0 spiro atoms. The molecule has 0 heterocycles. The minimum Gasteiger partial charge on any atom is -0.548 e. The Kier molecular flexibility index (Phi) is 8.98. The summed E-state index contributed by atoms with van der Waals surface area (Å²) in [6, 6.07) is -0.853.